The average Bonchev–Trinajstić information content (AvgIpc) is 2.31. The molecule has 16 heavy (non-hydrogen) atoms. The molecule has 0 aliphatic carbocycles. The minimum absolute atomic E-state index is 0.102. The average molecular weight is 217 g/mol. The molecule has 0 bridgehead atoms. The Bertz CT molecular complexity index is 531. The Kier molecular flexibility index (Phi) is 2.68. The first-order chi connectivity index (χ1) is 7.75. The third kappa shape index (κ3) is 2.27. The molecule has 0 fully saturated rings. The first kappa shape index (κ1) is 9.97. The summed E-state index contributed by atoms with van der Waals surface area (Å²) in [5, 5.41) is 15.5. The van der Waals surface area contributed by atoms with Gasteiger partial charge in [-0.1, -0.05) is 0 Å². The Hall–Kier alpha value is -2.57. The van der Waals surface area contributed by atoms with Gasteiger partial charge in [0.05, 0.1) is 0 Å². The first-order valence-electron chi connectivity index (χ1n) is 4.40. The number of H-pyrrole nitrogens is 1. The number of carbonyl (C=O) groups excluding carboxylic acids is 1. The first-order valence-corrected chi connectivity index (χ1v) is 4.40. The number of aromatic nitrogens is 4. The van der Waals surface area contributed by atoms with E-state index in [0.29, 0.717) is 5.82 Å². The van der Waals surface area contributed by atoms with Crippen LogP contribution in [-0.4, -0.2) is 26.3 Å². The van der Waals surface area contributed by atoms with Crippen molar-refractivity contribution in [2.45, 2.75) is 0 Å². The van der Waals surface area contributed by atoms with E-state index >= 15 is 0 Å². The smallest absolute Gasteiger partial charge is 0.277 e. The van der Waals surface area contributed by atoms with Crippen molar-refractivity contribution >= 4 is 11.7 Å². The number of aromatic amines is 1. The van der Waals surface area contributed by atoms with Crippen LogP contribution in [0.3, 0.4) is 0 Å². The fourth-order valence-corrected chi connectivity index (χ4v) is 1.02. The van der Waals surface area contributed by atoms with Crippen LogP contribution in [0.25, 0.3) is 0 Å². The van der Waals surface area contributed by atoms with Crippen LogP contribution < -0.4 is 10.9 Å². The van der Waals surface area contributed by atoms with Crippen molar-refractivity contribution in [2.75, 3.05) is 5.32 Å². The summed E-state index contributed by atoms with van der Waals surface area (Å²) in [6, 6.07) is 5.78. The monoisotopic (exact) mass is 217 g/mol. The molecule has 80 valence electrons. The van der Waals surface area contributed by atoms with Gasteiger partial charge in [-0.2, -0.15) is 10.2 Å². The lowest BCUT2D eigenvalue weighted by Gasteiger charge is -2.01. The van der Waals surface area contributed by atoms with E-state index in [1.807, 2.05) is 0 Å². The lowest BCUT2D eigenvalue weighted by atomic mass is 10.3. The molecule has 7 heteroatoms. The summed E-state index contributed by atoms with van der Waals surface area (Å²) >= 11 is 0. The molecule has 0 aliphatic rings. The molecule has 2 rings (SSSR count). The van der Waals surface area contributed by atoms with Crippen molar-refractivity contribution in [2.24, 2.45) is 0 Å². The molecule has 0 unspecified atom stereocenters. The van der Waals surface area contributed by atoms with Gasteiger partial charge in [0.25, 0.3) is 11.5 Å². The van der Waals surface area contributed by atoms with Crippen LogP contribution in [0.2, 0.25) is 0 Å². The van der Waals surface area contributed by atoms with E-state index in [1.54, 1.807) is 12.1 Å². The molecule has 1 amide bonds. The number of rotatable bonds is 2. The maximum absolute atomic E-state index is 11.6. The zero-order chi connectivity index (χ0) is 11.4. The van der Waals surface area contributed by atoms with Crippen LogP contribution in [0.4, 0.5) is 5.82 Å². The SMILES string of the molecule is O=C(Nc1cccnn1)c1ccc(=O)[nH]n1. The van der Waals surface area contributed by atoms with Crippen molar-refractivity contribution in [1.82, 2.24) is 20.4 Å². The second kappa shape index (κ2) is 4.30. The van der Waals surface area contributed by atoms with E-state index in [9.17, 15) is 9.59 Å². The maximum Gasteiger partial charge on any atom is 0.277 e. The van der Waals surface area contributed by atoms with E-state index < -0.39 is 5.91 Å². The fourth-order valence-electron chi connectivity index (χ4n) is 1.02. The van der Waals surface area contributed by atoms with Gasteiger partial charge in [0, 0.05) is 12.3 Å². The third-order valence-corrected chi connectivity index (χ3v) is 1.73. The largest absolute Gasteiger partial charge is 0.304 e. The van der Waals surface area contributed by atoms with Crippen molar-refractivity contribution in [1.29, 1.82) is 0 Å². The Morgan fingerprint density at radius 3 is 2.81 bits per heavy atom. The highest BCUT2D eigenvalue weighted by molar-refractivity contribution is 6.02. The van der Waals surface area contributed by atoms with Gasteiger partial charge >= 0.3 is 0 Å². The molecule has 2 aromatic heterocycles. The van der Waals surface area contributed by atoms with Gasteiger partial charge in [0.1, 0.15) is 5.69 Å². The van der Waals surface area contributed by atoms with Crippen LogP contribution in [0.5, 0.6) is 0 Å². The number of hydrogen-bond donors (Lipinski definition) is 2. The molecule has 0 spiro atoms. The Morgan fingerprint density at radius 1 is 1.31 bits per heavy atom. The second-order valence-corrected chi connectivity index (χ2v) is 2.87. The number of anilines is 1. The molecule has 0 radical (unpaired) electrons. The summed E-state index contributed by atoms with van der Waals surface area (Å²) in [5.74, 6) is -0.141. The lowest BCUT2D eigenvalue weighted by Crippen LogP contribution is -2.18. The van der Waals surface area contributed by atoms with Gasteiger partial charge in [0.2, 0.25) is 0 Å². The molecule has 0 saturated heterocycles. The van der Waals surface area contributed by atoms with Crippen LogP contribution in [0, 0.1) is 0 Å². The van der Waals surface area contributed by atoms with Crippen LogP contribution in [0.15, 0.2) is 35.3 Å². The lowest BCUT2D eigenvalue weighted by molar-refractivity contribution is 0.102. The molecular formula is C9H7N5O2. The quantitative estimate of drug-likeness (QED) is 0.726. The van der Waals surface area contributed by atoms with Crippen molar-refractivity contribution in [3.63, 3.8) is 0 Å². The number of amides is 1. The van der Waals surface area contributed by atoms with E-state index in [4.69, 9.17) is 0 Å². The van der Waals surface area contributed by atoms with Gasteiger partial charge in [-0.05, 0) is 18.2 Å². The van der Waals surface area contributed by atoms with Gasteiger partial charge in [-0.3, -0.25) is 9.59 Å². The molecule has 2 aromatic rings. The van der Waals surface area contributed by atoms with E-state index in [2.05, 4.69) is 25.7 Å². The number of carbonyl (C=O) groups is 1. The predicted molar refractivity (Wildman–Crippen MR) is 54.8 cm³/mol. The predicted octanol–water partition coefficient (Wildman–Crippen LogP) is -0.188. The third-order valence-electron chi connectivity index (χ3n) is 1.73. The summed E-state index contributed by atoms with van der Waals surface area (Å²) in [7, 11) is 0. The summed E-state index contributed by atoms with van der Waals surface area (Å²) in [6.45, 7) is 0. The van der Waals surface area contributed by atoms with Crippen LogP contribution in [-0.2, 0) is 0 Å². The molecule has 0 aliphatic heterocycles. The maximum atomic E-state index is 11.6. The standard InChI is InChI=1S/C9H7N5O2/c15-8-4-3-6(12-14-8)9(16)11-7-2-1-5-10-13-7/h1-5H,(H,14,15)(H,11,13,16). The van der Waals surface area contributed by atoms with Gasteiger partial charge in [-0.25, -0.2) is 5.10 Å². The van der Waals surface area contributed by atoms with E-state index in [0.717, 1.165) is 0 Å². The highest BCUT2D eigenvalue weighted by Gasteiger charge is 2.07. The number of nitrogens with zero attached hydrogens (tertiary/aromatic N) is 3. The Labute approximate surface area is 89.5 Å². The molecule has 0 atom stereocenters. The number of nitrogens with one attached hydrogen (secondary N) is 2. The minimum Gasteiger partial charge on any atom is -0.304 e. The molecular weight excluding hydrogens is 210 g/mol. The zero-order valence-electron chi connectivity index (χ0n) is 8.04. The second-order valence-electron chi connectivity index (χ2n) is 2.87. The normalized spacial score (nSPS) is 9.75. The fraction of sp³-hybridized carbons (Fsp3) is 0. The molecule has 2 N–H and O–H groups in total. The Balaban J connectivity index is 2.15. The molecule has 7 nitrogen and oxygen atoms in total. The van der Waals surface area contributed by atoms with Crippen molar-refractivity contribution in [3.05, 3.63) is 46.5 Å². The Morgan fingerprint density at radius 2 is 2.19 bits per heavy atom. The van der Waals surface area contributed by atoms with Gasteiger partial charge < -0.3 is 5.32 Å². The summed E-state index contributed by atoms with van der Waals surface area (Å²) in [5.41, 5.74) is -0.263. The zero-order valence-corrected chi connectivity index (χ0v) is 8.04. The van der Waals surface area contributed by atoms with Gasteiger partial charge in [-0.15, -0.1) is 5.10 Å². The van der Waals surface area contributed by atoms with E-state index in [1.165, 1.54) is 18.3 Å². The summed E-state index contributed by atoms with van der Waals surface area (Å²) in [6.07, 6.45) is 1.49. The van der Waals surface area contributed by atoms with Crippen LogP contribution in [0.1, 0.15) is 10.5 Å². The topological polar surface area (TPSA) is 101 Å². The van der Waals surface area contributed by atoms with Gasteiger partial charge in [0.15, 0.2) is 5.82 Å². The van der Waals surface area contributed by atoms with E-state index in [-0.39, 0.29) is 11.3 Å². The highest BCUT2D eigenvalue weighted by Crippen LogP contribution is 2.00. The molecule has 0 saturated carbocycles. The van der Waals surface area contributed by atoms with Crippen molar-refractivity contribution in [3.8, 4) is 0 Å². The summed E-state index contributed by atoms with van der Waals surface area (Å²) in [4.78, 5) is 22.3. The minimum atomic E-state index is -0.461. The molecule has 2 heterocycles. The number of hydrogen-bond acceptors (Lipinski definition) is 5. The molecule has 0 aromatic carbocycles. The highest BCUT2D eigenvalue weighted by atomic mass is 16.2. The summed E-state index contributed by atoms with van der Waals surface area (Å²) < 4.78 is 0. The van der Waals surface area contributed by atoms with Crippen LogP contribution >= 0.6 is 0 Å². The van der Waals surface area contributed by atoms with Crippen molar-refractivity contribution < 1.29 is 4.79 Å².